The van der Waals surface area contributed by atoms with E-state index in [1.54, 1.807) is 0 Å². The summed E-state index contributed by atoms with van der Waals surface area (Å²) in [6, 6.07) is 7.45. The van der Waals surface area contributed by atoms with Crippen LogP contribution in [0.25, 0.3) is 0 Å². The topological polar surface area (TPSA) is 64.6 Å². The minimum absolute atomic E-state index is 0.136. The van der Waals surface area contributed by atoms with Crippen LogP contribution in [0.15, 0.2) is 24.3 Å². The molecule has 0 atom stereocenters. The number of hydrogen-bond acceptors (Lipinski definition) is 4. The van der Waals surface area contributed by atoms with Crippen LogP contribution in [-0.2, 0) is 14.3 Å². The number of hydrogen-bond donors (Lipinski definition) is 1. The molecule has 21 heavy (non-hydrogen) atoms. The van der Waals surface area contributed by atoms with Crippen molar-refractivity contribution in [2.45, 2.75) is 45.4 Å². The van der Waals surface area contributed by atoms with Gasteiger partial charge in [0, 0.05) is 12.8 Å². The molecule has 5 nitrogen and oxygen atoms in total. The number of ether oxygens (including phenoxy) is 1. The number of hydroxylamine groups is 1. The van der Waals surface area contributed by atoms with Crippen LogP contribution < -0.4 is 10.3 Å². The fraction of sp³-hybridized carbons (Fsp3) is 0.500. The summed E-state index contributed by atoms with van der Waals surface area (Å²) in [7, 11) is 1.39. The van der Waals surface area contributed by atoms with Gasteiger partial charge in [0.15, 0.2) is 5.75 Å². The maximum Gasteiger partial charge on any atom is 0.305 e. The lowest BCUT2D eigenvalue weighted by molar-refractivity contribution is -0.140. The molecule has 5 heteroatoms. The summed E-state index contributed by atoms with van der Waals surface area (Å²) in [5.41, 5.74) is 3.56. The minimum Gasteiger partial charge on any atom is -0.469 e. The Bertz CT molecular complexity index is 442. The molecule has 0 saturated heterocycles. The number of carbonyl (C=O) groups excluding carboxylic acids is 2. The fourth-order valence-electron chi connectivity index (χ4n) is 1.78. The van der Waals surface area contributed by atoms with E-state index >= 15 is 0 Å². The van der Waals surface area contributed by atoms with Crippen molar-refractivity contribution in [2.75, 3.05) is 7.11 Å². The van der Waals surface area contributed by atoms with Crippen molar-refractivity contribution in [3.8, 4) is 5.75 Å². The Morgan fingerprint density at radius 2 is 1.62 bits per heavy atom. The summed E-state index contributed by atoms with van der Waals surface area (Å²) in [6.07, 6.45) is 4.28. The molecule has 0 aliphatic carbocycles. The molecule has 0 unspecified atom stereocenters. The van der Waals surface area contributed by atoms with E-state index in [0.717, 1.165) is 31.2 Å². The number of nitrogens with one attached hydrogen (secondary N) is 1. The van der Waals surface area contributed by atoms with Crippen LogP contribution in [0.4, 0.5) is 0 Å². The standard InChI is InChI=1S/C16H23NO4/c1-13-9-11-14(12-10-13)21-17-15(18)7-5-3-4-6-8-16(19)20-2/h9-12H,3-8H2,1-2H3,(H,17,18). The molecule has 0 bridgehead atoms. The second kappa shape index (κ2) is 9.80. The molecule has 116 valence electrons. The first-order valence-corrected chi connectivity index (χ1v) is 7.21. The molecular weight excluding hydrogens is 270 g/mol. The summed E-state index contributed by atoms with van der Waals surface area (Å²) in [4.78, 5) is 27.6. The van der Waals surface area contributed by atoms with Crippen molar-refractivity contribution in [3.05, 3.63) is 29.8 Å². The van der Waals surface area contributed by atoms with Gasteiger partial charge in [0.25, 0.3) is 5.91 Å². The highest BCUT2D eigenvalue weighted by atomic mass is 16.7. The van der Waals surface area contributed by atoms with Crippen molar-refractivity contribution < 1.29 is 19.2 Å². The van der Waals surface area contributed by atoms with Crippen LogP contribution >= 0.6 is 0 Å². The van der Waals surface area contributed by atoms with Crippen LogP contribution in [0.3, 0.4) is 0 Å². The lowest BCUT2D eigenvalue weighted by Crippen LogP contribution is -2.26. The Kier molecular flexibility index (Phi) is 7.94. The first-order valence-electron chi connectivity index (χ1n) is 7.21. The Balaban J connectivity index is 2.04. The zero-order valence-corrected chi connectivity index (χ0v) is 12.7. The summed E-state index contributed by atoms with van der Waals surface area (Å²) in [5.74, 6) is 0.301. The van der Waals surface area contributed by atoms with Gasteiger partial charge in [-0.05, 0) is 31.9 Å². The van der Waals surface area contributed by atoms with Gasteiger partial charge in [0.05, 0.1) is 7.11 Å². The fourth-order valence-corrected chi connectivity index (χ4v) is 1.78. The van der Waals surface area contributed by atoms with Crippen LogP contribution in [0.2, 0.25) is 0 Å². The minimum atomic E-state index is -0.181. The predicted octanol–water partition coefficient (Wildman–Crippen LogP) is 2.92. The van der Waals surface area contributed by atoms with E-state index in [2.05, 4.69) is 10.2 Å². The molecule has 0 spiro atoms. The largest absolute Gasteiger partial charge is 0.469 e. The van der Waals surface area contributed by atoms with Crippen molar-refractivity contribution in [1.82, 2.24) is 5.48 Å². The Morgan fingerprint density at radius 3 is 2.24 bits per heavy atom. The number of carbonyl (C=O) groups is 2. The highest BCUT2D eigenvalue weighted by molar-refractivity contribution is 5.74. The molecule has 1 N–H and O–H groups in total. The Labute approximate surface area is 125 Å². The maximum atomic E-state index is 11.6. The van der Waals surface area contributed by atoms with Gasteiger partial charge < -0.3 is 9.57 Å². The predicted molar refractivity (Wildman–Crippen MR) is 79.7 cm³/mol. The molecule has 1 rings (SSSR count). The second-order valence-electron chi connectivity index (χ2n) is 4.93. The van der Waals surface area contributed by atoms with Crippen molar-refractivity contribution in [3.63, 3.8) is 0 Å². The van der Waals surface area contributed by atoms with Crippen molar-refractivity contribution >= 4 is 11.9 Å². The molecule has 1 aromatic rings. The molecule has 0 aliphatic rings. The number of amides is 1. The third kappa shape index (κ3) is 7.97. The van der Waals surface area contributed by atoms with Gasteiger partial charge in [-0.1, -0.05) is 30.5 Å². The quantitative estimate of drug-likeness (QED) is 0.432. The van der Waals surface area contributed by atoms with E-state index in [-0.39, 0.29) is 11.9 Å². The van der Waals surface area contributed by atoms with Crippen molar-refractivity contribution in [2.24, 2.45) is 0 Å². The van der Waals surface area contributed by atoms with E-state index in [1.807, 2.05) is 31.2 Å². The highest BCUT2D eigenvalue weighted by Gasteiger charge is 2.03. The smallest absolute Gasteiger partial charge is 0.305 e. The normalized spacial score (nSPS) is 10.0. The van der Waals surface area contributed by atoms with Crippen LogP contribution in [0.1, 0.15) is 44.1 Å². The van der Waals surface area contributed by atoms with Crippen LogP contribution in [0.5, 0.6) is 5.75 Å². The van der Waals surface area contributed by atoms with Gasteiger partial charge >= 0.3 is 5.97 Å². The van der Waals surface area contributed by atoms with Gasteiger partial charge in [0.2, 0.25) is 0 Å². The average Bonchev–Trinajstić information content (AvgIpc) is 2.49. The van der Waals surface area contributed by atoms with Crippen LogP contribution in [-0.4, -0.2) is 19.0 Å². The molecule has 0 heterocycles. The maximum absolute atomic E-state index is 11.6. The molecule has 0 saturated carbocycles. The van der Waals surface area contributed by atoms with Crippen molar-refractivity contribution in [1.29, 1.82) is 0 Å². The molecule has 0 fully saturated rings. The molecule has 0 aliphatic heterocycles. The zero-order valence-electron chi connectivity index (χ0n) is 12.7. The third-order valence-corrected chi connectivity index (χ3v) is 3.07. The van der Waals surface area contributed by atoms with Gasteiger partial charge in [-0.15, -0.1) is 0 Å². The zero-order chi connectivity index (χ0) is 15.5. The Hall–Kier alpha value is -2.04. The Morgan fingerprint density at radius 1 is 1.00 bits per heavy atom. The van der Waals surface area contributed by atoms with E-state index in [1.165, 1.54) is 7.11 Å². The number of benzene rings is 1. The third-order valence-electron chi connectivity index (χ3n) is 3.07. The van der Waals surface area contributed by atoms with Gasteiger partial charge in [-0.2, -0.15) is 5.48 Å². The van der Waals surface area contributed by atoms with E-state index in [4.69, 9.17) is 4.84 Å². The monoisotopic (exact) mass is 293 g/mol. The second-order valence-corrected chi connectivity index (χ2v) is 4.93. The summed E-state index contributed by atoms with van der Waals surface area (Å²) in [5, 5.41) is 0. The summed E-state index contributed by atoms with van der Waals surface area (Å²) < 4.78 is 4.56. The summed E-state index contributed by atoms with van der Waals surface area (Å²) >= 11 is 0. The van der Waals surface area contributed by atoms with Gasteiger partial charge in [-0.3, -0.25) is 9.59 Å². The average molecular weight is 293 g/mol. The molecular formula is C16H23NO4. The van der Waals surface area contributed by atoms with E-state index in [0.29, 0.717) is 18.6 Å². The number of methoxy groups -OCH3 is 1. The van der Waals surface area contributed by atoms with Crippen LogP contribution in [0, 0.1) is 6.92 Å². The molecule has 1 aromatic carbocycles. The molecule has 1 amide bonds. The number of esters is 1. The van der Waals surface area contributed by atoms with Gasteiger partial charge in [-0.25, -0.2) is 0 Å². The lowest BCUT2D eigenvalue weighted by Gasteiger charge is -2.07. The first-order chi connectivity index (χ1) is 10.1. The van der Waals surface area contributed by atoms with Gasteiger partial charge in [0.1, 0.15) is 0 Å². The van der Waals surface area contributed by atoms with E-state index in [9.17, 15) is 9.59 Å². The number of aryl methyl sites for hydroxylation is 1. The lowest BCUT2D eigenvalue weighted by atomic mass is 10.1. The number of rotatable bonds is 9. The molecule has 0 radical (unpaired) electrons. The SMILES string of the molecule is COC(=O)CCCCCCC(=O)NOc1ccc(C)cc1. The summed E-state index contributed by atoms with van der Waals surface area (Å²) in [6.45, 7) is 1.99. The number of unbranched alkanes of at least 4 members (excludes halogenated alkanes) is 3. The van der Waals surface area contributed by atoms with E-state index < -0.39 is 0 Å². The highest BCUT2D eigenvalue weighted by Crippen LogP contribution is 2.10. The first kappa shape index (κ1) is 17.0. The molecule has 0 aromatic heterocycles.